The second-order valence-electron chi connectivity index (χ2n) is 3.32. The van der Waals surface area contributed by atoms with E-state index in [9.17, 15) is 0 Å². The molecule has 0 heterocycles. The first-order chi connectivity index (χ1) is 7.83. The number of ether oxygens (including phenoxy) is 3. The Hall–Kier alpha value is -1.26. The molecule has 0 radical (unpaired) electrons. The van der Waals surface area contributed by atoms with E-state index in [0.29, 0.717) is 13.2 Å². The highest BCUT2D eigenvalue weighted by atomic mass is 16.5. The summed E-state index contributed by atoms with van der Waals surface area (Å²) in [5, 5.41) is 3.10. The molecular weight excluding hydrogens is 206 g/mol. The van der Waals surface area contributed by atoms with Gasteiger partial charge in [-0.1, -0.05) is 12.1 Å². The van der Waals surface area contributed by atoms with Gasteiger partial charge in [0.05, 0.1) is 13.7 Å². The second kappa shape index (κ2) is 7.09. The Morgan fingerprint density at radius 2 is 2.00 bits per heavy atom. The Morgan fingerprint density at radius 1 is 1.19 bits per heavy atom. The molecule has 0 saturated carbocycles. The minimum atomic E-state index is 0.521. The highest BCUT2D eigenvalue weighted by Gasteiger charge is 2.09. The maximum Gasteiger partial charge on any atom is 0.165 e. The molecule has 0 saturated heterocycles. The molecule has 0 bridgehead atoms. The molecule has 0 aliphatic carbocycles. The lowest BCUT2D eigenvalue weighted by Gasteiger charge is -2.14. The van der Waals surface area contributed by atoms with E-state index in [1.165, 1.54) is 0 Å². The van der Waals surface area contributed by atoms with Crippen molar-refractivity contribution in [2.24, 2.45) is 0 Å². The summed E-state index contributed by atoms with van der Waals surface area (Å²) in [4.78, 5) is 0. The van der Waals surface area contributed by atoms with E-state index in [1.54, 1.807) is 14.2 Å². The molecule has 0 spiro atoms. The van der Waals surface area contributed by atoms with E-state index < -0.39 is 0 Å². The van der Waals surface area contributed by atoms with Crippen molar-refractivity contribution in [2.45, 2.75) is 6.54 Å². The second-order valence-corrected chi connectivity index (χ2v) is 3.32. The molecule has 0 aliphatic rings. The van der Waals surface area contributed by atoms with Crippen LogP contribution in [0.2, 0.25) is 0 Å². The summed E-state index contributed by atoms with van der Waals surface area (Å²) < 4.78 is 15.9. The molecule has 1 aromatic rings. The summed E-state index contributed by atoms with van der Waals surface area (Å²) in [6.45, 7) is 1.84. The molecule has 1 rings (SSSR count). The zero-order valence-electron chi connectivity index (χ0n) is 10.1. The van der Waals surface area contributed by atoms with Crippen LogP contribution in [-0.2, 0) is 11.3 Å². The lowest BCUT2D eigenvalue weighted by molar-refractivity contribution is 0.143. The normalized spacial score (nSPS) is 10.2. The van der Waals surface area contributed by atoms with Gasteiger partial charge < -0.3 is 19.5 Å². The minimum Gasteiger partial charge on any atom is -0.493 e. The van der Waals surface area contributed by atoms with Crippen molar-refractivity contribution >= 4 is 0 Å². The average molecular weight is 225 g/mol. The fraction of sp³-hybridized carbons (Fsp3) is 0.500. The van der Waals surface area contributed by atoms with Gasteiger partial charge in [-0.3, -0.25) is 0 Å². The van der Waals surface area contributed by atoms with Crippen LogP contribution in [0.5, 0.6) is 11.5 Å². The van der Waals surface area contributed by atoms with Crippen molar-refractivity contribution in [3.63, 3.8) is 0 Å². The van der Waals surface area contributed by atoms with Crippen molar-refractivity contribution < 1.29 is 14.2 Å². The smallest absolute Gasteiger partial charge is 0.165 e. The topological polar surface area (TPSA) is 39.7 Å². The number of methoxy groups -OCH3 is 2. The molecule has 90 valence electrons. The lowest BCUT2D eigenvalue weighted by Crippen LogP contribution is -2.11. The standard InChI is InChI=1S/C12H19NO3/c1-13-9-10-5-4-6-11(15-3)12(10)16-8-7-14-2/h4-6,13H,7-9H2,1-3H3. The summed E-state index contributed by atoms with van der Waals surface area (Å²) in [5.41, 5.74) is 1.08. The van der Waals surface area contributed by atoms with Gasteiger partial charge in [0.25, 0.3) is 0 Å². The van der Waals surface area contributed by atoms with Crippen LogP contribution < -0.4 is 14.8 Å². The van der Waals surface area contributed by atoms with E-state index in [-0.39, 0.29) is 0 Å². The minimum absolute atomic E-state index is 0.521. The molecule has 1 N–H and O–H groups in total. The number of rotatable bonds is 7. The van der Waals surface area contributed by atoms with Crippen LogP contribution in [0.3, 0.4) is 0 Å². The van der Waals surface area contributed by atoms with Crippen LogP contribution in [0.15, 0.2) is 18.2 Å². The van der Waals surface area contributed by atoms with Crippen molar-refractivity contribution in [1.82, 2.24) is 5.32 Å². The molecule has 0 fully saturated rings. The molecule has 0 atom stereocenters. The third-order valence-corrected chi connectivity index (χ3v) is 2.18. The van der Waals surface area contributed by atoms with Gasteiger partial charge in [0, 0.05) is 19.2 Å². The van der Waals surface area contributed by atoms with Gasteiger partial charge in [-0.05, 0) is 13.1 Å². The van der Waals surface area contributed by atoms with Crippen molar-refractivity contribution in [3.05, 3.63) is 23.8 Å². The Kier molecular flexibility index (Phi) is 5.67. The number of benzene rings is 1. The van der Waals surface area contributed by atoms with Gasteiger partial charge in [0.2, 0.25) is 0 Å². The molecular formula is C12H19NO3. The van der Waals surface area contributed by atoms with Crippen LogP contribution in [0, 0.1) is 0 Å². The predicted molar refractivity (Wildman–Crippen MR) is 63.1 cm³/mol. The fourth-order valence-corrected chi connectivity index (χ4v) is 1.44. The highest BCUT2D eigenvalue weighted by Crippen LogP contribution is 2.30. The Labute approximate surface area is 96.5 Å². The SMILES string of the molecule is CNCc1cccc(OC)c1OCCOC. The maximum absolute atomic E-state index is 5.66. The van der Waals surface area contributed by atoms with E-state index in [1.807, 2.05) is 25.2 Å². The molecule has 0 unspecified atom stereocenters. The predicted octanol–water partition coefficient (Wildman–Crippen LogP) is 1.44. The summed E-state index contributed by atoms with van der Waals surface area (Å²) in [5.74, 6) is 1.54. The number of para-hydroxylation sites is 1. The van der Waals surface area contributed by atoms with Crippen LogP contribution in [-0.4, -0.2) is 34.5 Å². The molecule has 0 aromatic heterocycles. The highest BCUT2D eigenvalue weighted by molar-refractivity contribution is 5.46. The van der Waals surface area contributed by atoms with Crippen LogP contribution >= 0.6 is 0 Å². The first kappa shape index (κ1) is 12.8. The molecule has 16 heavy (non-hydrogen) atoms. The number of hydrogen-bond donors (Lipinski definition) is 1. The maximum atomic E-state index is 5.66. The van der Waals surface area contributed by atoms with Crippen molar-refractivity contribution in [1.29, 1.82) is 0 Å². The average Bonchev–Trinajstić information content (AvgIpc) is 2.31. The van der Waals surface area contributed by atoms with Gasteiger partial charge in [0.15, 0.2) is 11.5 Å². The van der Waals surface area contributed by atoms with E-state index >= 15 is 0 Å². The molecule has 0 aliphatic heterocycles. The Balaban J connectivity index is 2.81. The quantitative estimate of drug-likeness (QED) is 0.713. The third-order valence-electron chi connectivity index (χ3n) is 2.18. The van der Waals surface area contributed by atoms with Gasteiger partial charge in [0.1, 0.15) is 6.61 Å². The van der Waals surface area contributed by atoms with E-state index in [2.05, 4.69) is 5.32 Å². The molecule has 4 nitrogen and oxygen atoms in total. The first-order valence-corrected chi connectivity index (χ1v) is 5.25. The third kappa shape index (κ3) is 3.40. The first-order valence-electron chi connectivity index (χ1n) is 5.25. The number of hydrogen-bond acceptors (Lipinski definition) is 4. The number of nitrogens with one attached hydrogen (secondary N) is 1. The van der Waals surface area contributed by atoms with Crippen LogP contribution in [0.25, 0.3) is 0 Å². The largest absolute Gasteiger partial charge is 0.493 e. The molecule has 0 amide bonds. The lowest BCUT2D eigenvalue weighted by atomic mass is 10.2. The van der Waals surface area contributed by atoms with Gasteiger partial charge in [-0.2, -0.15) is 0 Å². The van der Waals surface area contributed by atoms with Crippen molar-refractivity contribution in [2.75, 3.05) is 34.5 Å². The Morgan fingerprint density at radius 3 is 2.62 bits per heavy atom. The zero-order valence-corrected chi connectivity index (χ0v) is 10.1. The van der Waals surface area contributed by atoms with Gasteiger partial charge >= 0.3 is 0 Å². The van der Waals surface area contributed by atoms with Crippen LogP contribution in [0.1, 0.15) is 5.56 Å². The fourth-order valence-electron chi connectivity index (χ4n) is 1.44. The zero-order chi connectivity index (χ0) is 11.8. The molecule has 1 aromatic carbocycles. The monoisotopic (exact) mass is 225 g/mol. The summed E-state index contributed by atoms with van der Waals surface area (Å²) >= 11 is 0. The summed E-state index contributed by atoms with van der Waals surface area (Å²) in [6, 6.07) is 5.86. The van der Waals surface area contributed by atoms with Crippen molar-refractivity contribution in [3.8, 4) is 11.5 Å². The summed E-state index contributed by atoms with van der Waals surface area (Å²) in [7, 11) is 5.19. The van der Waals surface area contributed by atoms with Crippen LogP contribution in [0.4, 0.5) is 0 Å². The van der Waals surface area contributed by atoms with E-state index in [4.69, 9.17) is 14.2 Å². The Bertz CT molecular complexity index is 315. The van der Waals surface area contributed by atoms with E-state index in [0.717, 1.165) is 23.6 Å². The van der Waals surface area contributed by atoms with Gasteiger partial charge in [-0.15, -0.1) is 0 Å². The summed E-state index contributed by atoms with van der Waals surface area (Å²) in [6.07, 6.45) is 0. The molecule has 4 heteroatoms. The van der Waals surface area contributed by atoms with Gasteiger partial charge in [-0.25, -0.2) is 0 Å².